The summed E-state index contributed by atoms with van der Waals surface area (Å²) >= 11 is 0. The Bertz CT molecular complexity index is 792. The molecule has 0 aromatic heterocycles. The van der Waals surface area contributed by atoms with Gasteiger partial charge < -0.3 is 19.4 Å². The van der Waals surface area contributed by atoms with Crippen molar-refractivity contribution in [3.8, 4) is 0 Å². The highest BCUT2D eigenvalue weighted by molar-refractivity contribution is 5.97. The maximum absolute atomic E-state index is 13.0. The topological polar surface area (TPSA) is 79.4 Å². The number of halogens is 1. The lowest BCUT2D eigenvalue weighted by molar-refractivity contribution is -0.128. The smallest absolute Gasteiger partial charge is 0.429 e. The van der Waals surface area contributed by atoms with Gasteiger partial charge in [0.2, 0.25) is 0 Å². The van der Waals surface area contributed by atoms with Crippen molar-refractivity contribution in [2.75, 3.05) is 39.3 Å². The molecule has 0 N–H and O–H groups in total. The summed E-state index contributed by atoms with van der Waals surface area (Å²) in [6.07, 6.45) is 0.298. The Morgan fingerprint density at radius 1 is 0.871 bits per heavy atom. The molecule has 0 atom stereocenters. The first-order valence-corrected chi connectivity index (χ1v) is 10.6. The Morgan fingerprint density at radius 3 is 1.90 bits per heavy atom. The quantitative estimate of drug-likeness (QED) is 0.678. The molecule has 8 nitrogen and oxygen atoms in total. The second-order valence-corrected chi connectivity index (χ2v) is 8.89. The molecule has 0 spiro atoms. The van der Waals surface area contributed by atoms with E-state index < -0.39 is 11.7 Å². The third-order valence-electron chi connectivity index (χ3n) is 5.35. The second-order valence-electron chi connectivity index (χ2n) is 8.89. The van der Waals surface area contributed by atoms with Crippen molar-refractivity contribution >= 4 is 18.0 Å². The number of hydroxylamine groups is 2. The molecule has 1 aromatic carbocycles. The maximum Gasteiger partial charge on any atom is 0.429 e. The molecule has 0 bridgehead atoms. The standard InChI is InChI=1S/C22H30FN3O5/c1-22(2,3)30-20(28)24-12-14-25(15-13-24)21(29)31-26-10-8-17(9-11-26)19(27)16-4-6-18(23)7-5-16/h4-7,17H,8-15H2,1-3H3. The summed E-state index contributed by atoms with van der Waals surface area (Å²) in [5.41, 5.74) is -0.0585. The lowest BCUT2D eigenvalue weighted by Gasteiger charge is -2.36. The molecule has 2 aliphatic heterocycles. The maximum atomic E-state index is 13.0. The predicted octanol–water partition coefficient (Wildman–Crippen LogP) is 3.32. The number of rotatable bonds is 3. The SMILES string of the molecule is CC(C)(C)OC(=O)N1CCN(C(=O)ON2CCC(C(=O)c3ccc(F)cc3)CC2)CC1. The molecule has 0 radical (unpaired) electrons. The number of ketones is 1. The van der Waals surface area contributed by atoms with Gasteiger partial charge in [-0.15, -0.1) is 5.06 Å². The van der Waals surface area contributed by atoms with E-state index in [9.17, 15) is 18.8 Å². The van der Waals surface area contributed by atoms with Crippen molar-refractivity contribution in [3.63, 3.8) is 0 Å². The molecule has 170 valence electrons. The van der Waals surface area contributed by atoms with E-state index >= 15 is 0 Å². The number of carbonyl (C=O) groups is 3. The number of amides is 2. The Hall–Kier alpha value is -2.68. The van der Waals surface area contributed by atoms with Crippen molar-refractivity contribution in [2.45, 2.75) is 39.2 Å². The van der Waals surface area contributed by atoms with Crippen LogP contribution in [0.3, 0.4) is 0 Å². The Morgan fingerprint density at radius 2 is 1.39 bits per heavy atom. The molecule has 31 heavy (non-hydrogen) atoms. The average molecular weight is 435 g/mol. The van der Waals surface area contributed by atoms with Crippen molar-refractivity contribution < 1.29 is 28.3 Å². The van der Waals surface area contributed by atoms with Gasteiger partial charge in [-0.25, -0.2) is 14.0 Å². The second kappa shape index (κ2) is 9.64. The van der Waals surface area contributed by atoms with E-state index in [0.717, 1.165) is 0 Å². The van der Waals surface area contributed by atoms with E-state index in [2.05, 4.69) is 0 Å². The normalized spacial score (nSPS) is 18.6. The minimum atomic E-state index is -0.558. The minimum Gasteiger partial charge on any atom is -0.444 e. The third kappa shape index (κ3) is 6.40. The minimum absolute atomic E-state index is 0.00996. The van der Waals surface area contributed by atoms with Crippen LogP contribution in [0.15, 0.2) is 24.3 Å². The molecule has 2 aliphatic rings. The van der Waals surface area contributed by atoms with Crippen molar-refractivity contribution in [1.82, 2.24) is 14.9 Å². The lowest BCUT2D eigenvalue weighted by Crippen LogP contribution is -2.53. The molecule has 2 amide bonds. The van der Waals surface area contributed by atoms with Gasteiger partial charge >= 0.3 is 12.2 Å². The van der Waals surface area contributed by atoms with Crippen LogP contribution in [0.25, 0.3) is 0 Å². The van der Waals surface area contributed by atoms with Crippen molar-refractivity contribution in [2.24, 2.45) is 5.92 Å². The van der Waals surface area contributed by atoms with E-state index in [0.29, 0.717) is 57.7 Å². The summed E-state index contributed by atoms with van der Waals surface area (Å²) in [5.74, 6) is -0.549. The Labute approximate surface area is 181 Å². The number of piperazine rings is 1. The molecule has 0 unspecified atom stereocenters. The van der Waals surface area contributed by atoms with Crippen LogP contribution in [0.2, 0.25) is 0 Å². The number of piperidine rings is 1. The van der Waals surface area contributed by atoms with Crippen LogP contribution in [0.1, 0.15) is 44.0 Å². The molecule has 9 heteroatoms. The Balaban J connectivity index is 1.41. The summed E-state index contributed by atoms with van der Waals surface area (Å²) in [6.45, 7) is 7.88. The number of hydrogen-bond donors (Lipinski definition) is 0. The molecule has 1 aromatic rings. The molecule has 2 heterocycles. The Kier molecular flexibility index (Phi) is 7.15. The number of hydrogen-bond acceptors (Lipinski definition) is 6. The van der Waals surface area contributed by atoms with Crippen LogP contribution in [0.4, 0.5) is 14.0 Å². The van der Waals surface area contributed by atoms with E-state index in [1.54, 1.807) is 14.9 Å². The summed E-state index contributed by atoms with van der Waals surface area (Å²) in [6, 6.07) is 5.57. The number of nitrogens with zero attached hydrogens (tertiary/aromatic N) is 3. The predicted molar refractivity (Wildman–Crippen MR) is 111 cm³/mol. The van der Waals surface area contributed by atoms with Crippen LogP contribution in [-0.2, 0) is 9.57 Å². The summed E-state index contributed by atoms with van der Waals surface area (Å²) in [5, 5.41) is 1.58. The van der Waals surface area contributed by atoms with Crippen LogP contribution in [0, 0.1) is 11.7 Å². The van der Waals surface area contributed by atoms with Crippen LogP contribution in [-0.4, -0.2) is 77.7 Å². The number of benzene rings is 1. The van der Waals surface area contributed by atoms with Crippen LogP contribution >= 0.6 is 0 Å². The zero-order valence-corrected chi connectivity index (χ0v) is 18.3. The average Bonchev–Trinajstić information content (AvgIpc) is 2.73. The third-order valence-corrected chi connectivity index (χ3v) is 5.35. The van der Waals surface area contributed by atoms with Gasteiger partial charge in [0, 0.05) is 50.7 Å². The fourth-order valence-corrected chi connectivity index (χ4v) is 3.63. The van der Waals surface area contributed by atoms with E-state index in [1.165, 1.54) is 24.3 Å². The van der Waals surface area contributed by atoms with Gasteiger partial charge in [-0.05, 0) is 57.9 Å². The highest BCUT2D eigenvalue weighted by Crippen LogP contribution is 2.23. The zero-order chi connectivity index (χ0) is 22.6. The largest absolute Gasteiger partial charge is 0.444 e. The van der Waals surface area contributed by atoms with E-state index in [4.69, 9.17) is 9.57 Å². The van der Waals surface area contributed by atoms with Gasteiger partial charge in [0.25, 0.3) is 0 Å². The lowest BCUT2D eigenvalue weighted by atomic mass is 9.89. The van der Waals surface area contributed by atoms with Crippen LogP contribution in [0.5, 0.6) is 0 Å². The van der Waals surface area contributed by atoms with Crippen LogP contribution < -0.4 is 0 Å². The van der Waals surface area contributed by atoms with Gasteiger partial charge in [0.05, 0.1) is 0 Å². The molecular formula is C22H30FN3O5. The van der Waals surface area contributed by atoms with Gasteiger partial charge in [-0.2, -0.15) is 0 Å². The highest BCUT2D eigenvalue weighted by atomic mass is 19.1. The number of ether oxygens (including phenoxy) is 1. The molecule has 2 saturated heterocycles. The number of Topliss-reactive ketones (excluding diaryl/α,β-unsaturated/α-hetero) is 1. The summed E-state index contributed by atoms with van der Waals surface area (Å²) in [7, 11) is 0. The van der Waals surface area contributed by atoms with E-state index in [-0.39, 0.29) is 23.6 Å². The molecule has 3 rings (SSSR count). The first-order valence-electron chi connectivity index (χ1n) is 10.6. The van der Waals surface area contributed by atoms with E-state index in [1.807, 2.05) is 20.8 Å². The number of carbonyl (C=O) groups excluding carboxylic acids is 3. The molecule has 0 saturated carbocycles. The first kappa shape index (κ1) is 23.0. The van der Waals surface area contributed by atoms with Crippen molar-refractivity contribution in [3.05, 3.63) is 35.6 Å². The molecule has 0 aliphatic carbocycles. The molecule has 2 fully saturated rings. The summed E-state index contributed by atoms with van der Waals surface area (Å²) in [4.78, 5) is 45.8. The van der Waals surface area contributed by atoms with Crippen molar-refractivity contribution in [1.29, 1.82) is 0 Å². The monoisotopic (exact) mass is 435 g/mol. The van der Waals surface area contributed by atoms with Gasteiger partial charge in [0.15, 0.2) is 5.78 Å². The summed E-state index contributed by atoms with van der Waals surface area (Å²) < 4.78 is 18.4. The molecular weight excluding hydrogens is 405 g/mol. The van der Waals surface area contributed by atoms with Gasteiger partial charge in [-0.1, -0.05) is 0 Å². The zero-order valence-electron chi connectivity index (χ0n) is 18.3. The van der Waals surface area contributed by atoms with Gasteiger partial charge in [-0.3, -0.25) is 4.79 Å². The fourth-order valence-electron chi connectivity index (χ4n) is 3.63. The first-order chi connectivity index (χ1) is 14.6. The fraction of sp³-hybridized carbons (Fsp3) is 0.591. The highest BCUT2D eigenvalue weighted by Gasteiger charge is 2.31. The van der Waals surface area contributed by atoms with Gasteiger partial charge in [0.1, 0.15) is 11.4 Å².